The van der Waals surface area contributed by atoms with E-state index in [1.807, 2.05) is 0 Å². The zero-order valence-electron chi connectivity index (χ0n) is 14.2. The van der Waals surface area contributed by atoms with Gasteiger partial charge in [-0.05, 0) is 31.5 Å². The van der Waals surface area contributed by atoms with E-state index in [2.05, 4.69) is 4.98 Å². The minimum absolute atomic E-state index is 0.147. The molecule has 0 aliphatic carbocycles. The first-order chi connectivity index (χ1) is 12.5. The van der Waals surface area contributed by atoms with E-state index >= 15 is 0 Å². The van der Waals surface area contributed by atoms with Gasteiger partial charge in [0.15, 0.2) is 29.3 Å². The second kappa shape index (κ2) is 6.05. The Kier molecular flexibility index (Phi) is 3.82. The summed E-state index contributed by atoms with van der Waals surface area (Å²) in [7, 11) is 0. The summed E-state index contributed by atoms with van der Waals surface area (Å²) in [5, 5.41) is 9.35. The molecule has 0 bridgehead atoms. The van der Waals surface area contributed by atoms with Crippen LogP contribution in [0.15, 0.2) is 29.0 Å². The van der Waals surface area contributed by atoms with Crippen LogP contribution in [0.2, 0.25) is 0 Å². The number of nitrogens with zero attached hydrogens (tertiary/aromatic N) is 2. The summed E-state index contributed by atoms with van der Waals surface area (Å²) in [5.41, 5.74) is -0.122. The van der Waals surface area contributed by atoms with Gasteiger partial charge in [-0.3, -0.25) is 9.59 Å². The largest absolute Gasteiger partial charge is 0.486 e. The third kappa shape index (κ3) is 2.67. The van der Waals surface area contributed by atoms with Gasteiger partial charge in [-0.15, -0.1) is 0 Å². The molecule has 1 aromatic heterocycles. The third-order valence-corrected chi connectivity index (χ3v) is 4.85. The number of benzene rings is 1. The van der Waals surface area contributed by atoms with Crippen LogP contribution in [-0.4, -0.2) is 53.2 Å². The highest BCUT2D eigenvalue weighted by atomic mass is 16.6. The normalized spacial score (nSPS) is 21.7. The molecular formula is C18H18N2O6. The molecule has 26 heavy (non-hydrogen) atoms. The van der Waals surface area contributed by atoms with Crippen molar-refractivity contribution in [1.82, 2.24) is 9.88 Å². The SMILES string of the molecule is CC1(C(=O)O)CCN(C(=O)c2ncoc2-c2ccc3c(c2)OCCO3)C1. The fraction of sp³-hybridized carbons (Fsp3) is 0.389. The van der Waals surface area contributed by atoms with Crippen molar-refractivity contribution in [3.8, 4) is 22.8 Å². The number of carbonyl (C=O) groups excluding carboxylic acids is 1. The lowest BCUT2D eigenvalue weighted by atomic mass is 9.90. The Morgan fingerprint density at radius 1 is 1.23 bits per heavy atom. The quantitative estimate of drug-likeness (QED) is 0.896. The number of likely N-dealkylation sites (tertiary alicyclic amines) is 1. The van der Waals surface area contributed by atoms with Crippen molar-refractivity contribution in [3.63, 3.8) is 0 Å². The molecule has 1 amide bonds. The fourth-order valence-corrected chi connectivity index (χ4v) is 3.25. The average Bonchev–Trinajstić information content (AvgIpc) is 3.28. The molecular weight excluding hydrogens is 340 g/mol. The third-order valence-electron chi connectivity index (χ3n) is 4.85. The number of oxazole rings is 1. The highest BCUT2D eigenvalue weighted by Gasteiger charge is 2.43. The number of amides is 1. The monoisotopic (exact) mass is 358 g/mol. The van der Waals surface area contributed by atoms with E-state index in [0.717, 1.165) is 0 Å². The van der Waals surface area contributed by atoms with E-state index in [1.54, 1.807) is 25.1 Å². The van der Waals surface area contributed by atoms with Crippen LogP contribution in [0.1, 0.15) is 23.8 Å². The molecule has 0 radical (unpaired) electrons. The van der Waals surface area contributed by atoms with Gasteiger partial charge in [0.1, 0.15) is 13.2 Å². The zero-order valence-corrected chi connectivity index (χ0v) is 14.2. The summed E-state index contributed by atoms with van der Waals surface area (Å²) in [6.45, 7) is 3.12. The van der Waals surface area contributed by atoms with E-state index in [9.17, 15) is 14.7 Å². The van der Waals surface area contributed by atoms with Crippen molar-refractivity contribution in [3.05, 3.63) is 30.3 Å². The fourth-order valence-electron chi connectivity index (χ4n) is 3.25. The summed E-state index contributed by atoms with van der Waals surface area (Å²) < 4.78 is 16.5. The van der Waals surface area contributed by atoms with E-state index in [-0.39, 0.29) is 18.1 Å². The van der Waals surface area contributed by atoms with E-state index < -0.39 is 11.4 Å². The van der Waals surface area contributed by atoms with Gasteiger partial charge in [-0.25, -0.2) is 4.98 Å². The number of aromatic nitrogens is 1. The maximum atomic E-state index is 12.9. The number of hydrogen-bond donors (Lipinski definition) is 1. The van der Waals surface area contributed by atoms with Crippen LogP contribution in [0.4, 0.5) is 0 Å². The van der Waals surface area contributed by atoms with Crippen molar-refractivity contribution >= 4 is 11.9 Å². The van der Waals surface area contributed by atoms with Gasteiger partial charge in [-0.2, -0.15) is 0 Å². The van der Waals surface area contributed by atoms with Crippen molar-refractivity contribution in [1.29, 1.82) is 0 Å². The van der Waals surface area contributed by atoms with Crippen molar-refractivity contribution < 1.29 is 28.6 Å². The Bertz CT molecular complexity index is 876. The van der Waals surface area contributed by atoms with E-state index in [0.29, 0.717) is 49.0 Å². The molecule has 1 saturated heterocycles. The lowest BCUT2D eigenvalue weighted by Crippen LogP contribution is -2.35. The number of carboxylic acids is 1. The summed E-state index contributed by atoms with van der Waals surface area (Å²) in [5.74, 6) is 0.317. The molecule has 1 fully saturated rings. The molecule has 3 heterocycles. The number of rotatable bonds is 3. The molecule has 2 aliphatic rings. The van der Waals surface area contributed by atoms with Gasteiger partial charge in [0.25, 0.3) is 5.91 Å². The number of fused-ring (bicyclic) bond motifs is 1. The molecule has 2 aromatic rings. The zero-order chi connectivity index (χ0) is 18.3. The van der Waals surface area contributed by atoms with Crippen molar-refractivity contribution in [2.45, 2.75) is 13.3 Å². The topological polar surface area (TPSA) is 102 Å². The average molecular weight is 358 g/mol. The molecule has 8 nitrogen and oxygen atoms in total. The first kappa shape index (κ1) is 16.4. The highest BCUT2D eigenvalue weighted by molar-refractivity contribution is 5.98. The minimum Gasteiger partial charge on any atom is -0.486 e. The van der Waals surface area contributed by atoms with Gasteiger partial charge in [0.2, 0.25) is 0 Å². The van der Waals surface area contributed by atoms with Crippen LogP contribution in [0.25, 0.3) is 11.3 Å². The Balaban J connectivity index is 1.61. The van der Waals surface area contributed by atoms with Gasteiger partial charge in [-0.1, -0.05) is 0 Å². The highest BCUT2D eigenvalue weighted by Crippen LogP contribution is 2.36. The van der Waals surface area contributed by atoms with Crippen molar-refractivity contribution in [2.24, 2.45) is 5.41 Å². The van der Waals surface area contributed by atoms with Gasteiger partial charge < -0.3 is 23.9 Å². The second-order valence-electron chi connectivity index (χ2n) is 6.73. The summed E-state index contributed by atoms with van der Waals surface area (Å²) in [4.78, 5) is 29.8. The van der Waals surface area contributed by atoms with Crippen LogP contribution in [0, 0.1) is 5.41 Å². The maximum absolute atomic E-state index is 12.9. The lowest BCUT2D eigenvalue weighted by Gasteiger charge is -2.20. The number of carbonyl (C=O) groups is 2. The van der Waals surface area contributed by atoms with Crippen molar-refractivity contribution in [2.75, 3.05) is 26.3 Å². The standard InChI is InChI=1S/C18H18N2O6/c1-18(17(22)23)4-5-20(9-18)16(21)14-15(26-10-19-14)11-2-3-12-13(8-11)25-7-6-24-12/h2-3,8,10H,4-7,9H2,1H3,(H,22,23). The predicted octanol–water partition coefficient (Wildman–Crippen LogP) is 2.05. The Morgan fingerprint density at radius 3 is 2.73 bits per heavy atom. The minimum atomic E-state index is -0.934. The molecule has 2 aliphatic heterocycles. The smallest absolute Gasteiger partial charge is 0.311 e. The second-order valence-corrected chi connectivity index (χ2v) is 6.73. The Labute approximate surface area is 149 Å². The molecule has 1 N–H and O–H groups in total. The molecule has 0 saturated carbocycles. The Morgan fingerprint density at radius 2 is 2.00 bits per heavy atom. The van der Waals surface area contributed by atoms with Gasteiger partial charge in [0, 0.05) is 18.7 Å². The molecule has 1 atom stereocenters. The maximum Gasteiger partial charge on any atom is 0.311 e. The summed E-state index contributed by atoms with van der Waals surface area (Å²) in [6, 6.07) is 5.28. The molecule has 0 spiro atoms. The summed E-state index contributed by atoms with van der Waals surface area (Å²) in [6.07, 6.45) is 1.62. The number of ether oxygens (including phenoxy) is 2. The van der Waals surface area contributed by atoms with Gasteiger partial charge in [0.05, 0.1) is 5.41 Å². The molecule has 136 valence electrons. The van der Waals surface area contributed by atoms with Crippen LogP contribution in [0.3, 0.4) is 0 Å². The van der Waals surface area contributed by atoms with E-state index in [1.165, 1.54) is 11.3 Å². The van der Waals surface area contributed by atoms with E-state index in [4.69, 9.17) is 13.9 Å². The molecule has 1 aromatic carbocycles. The molecule has 4 rings (SSSR count). The Hall–Kier alpha value is -3.03. The summed E-state index contributed by atoms with van der Waals surface area (Å²) >= 11 is 0. The number of carboxylic acid groups (broad SMARTS) is 1. The van der Waals surface area contributed by atoms with Crippen LogP contribution in [-0.2, 0) is 4.79 Å². The van der Waals surface area contributed by atoms with Gasteiger partial charge >= 0.3 is 5.97 Å². The first-order valence-corrected chi connectivity index (χ1v) is 8.34. The number of hydrogen-bond acceptors (Lipinski definition) is 6. The van der Waals surface area contributed by atoms with Crippen LogP contribution < -0.4 is 9.47 Å². The predicted molar refractivity (Wildman–Crippen MR) is 89.2 cm³/mol. The van der Waals surface area contributed by atoms with Crippen LogP contribution in [0.5, 0.6) is 11.5 Å². The lowest BCUT2D eigenvalue weighted by molar-refractivity contribution is -0.147. The number of aliphatic carboxylic acids is 1. The molecule has 1 unspecified atom stereocenters. The van der Waals surface area contributed by atoms with Crippen LogP contribution >= 0.6 is 0 Å². The molecule has 8 heteroatoms. The first-order valence-electron chi connectivity index (χ1n) is 8.34.